The van der Waals surface area contributed by atoms with E-state index in [4.69, 9.17) is 14.9 Å². The van der Waals surface area contributed by atoms with Gasteiger partial charge in [0.15, 0.2) is 5.76 Å². The third-order valence-electron chi connectivity index (χ3n) is 4.31. The Labute approximate surface area is 150 Å². The smallest absolute Gasteiger partial charge is 0.227 e. The fourth-order valence-corrected chi connectivity index (χ4v) is 3.01. The number of carbonyl (C=O) groups is 1. The fourth-order valence-electron chi connectivity index (χ4n) is 3.01. The van der Waals surface area contributed by atoms with E-state index >= 15 is 0 Å². The Morgan fingerprint density at radius 3 is 2.65 bits per heavy atom. The number of primary amides is 1. The Bertz CT molecular complexity index is 815. The van der Waals surface area contributed by atoms with E-state index in [0.29, 0.717) is 31.1 Å². The predicted octanol–water partition coefficient (Wildman–Crippen LogP) is 0.580. The summed E-state index contributed by atoms with van der Waals surface area (Å²) in [5.41, 5.74) is 5.50. The van der Waals surface area contributed by atoms with Gasteiger partial charge in [0, 0.05) is 38.0 Å². The molecule has 0 radical (unpaired) electrons. The standard InChI is InChI=1S/C18H21N3O5/c19-16(23)10-14(12-1-3-20-4-2-12)18-17(24)15(22)9-13(26-18)11-21-5-7-25-8-6-21/h1-4,9,14,24H,5-8,10-11H2,(H2,19,23)/t14-/m0/s1. The van der Waals surface area contributed by atoms with Gasteiger partial charge in [-0.25, -0.2) is 0 Å². The third-order valence-corrected chi connectivity index (χ3v) is 4.31. The van der Waals surface area contributed by atoms with Crippen LogP contribution in [0.2, 0.25) is 0 Å². The molecule has 1 aliphatic rings. The molecule has 1 aliphatic heterocycles. The summed E-state index contributed by atoms with van der Waals surface area (Å²) < 4.78 is 11.2. The molecule has 8 heteroatoms. The largest absolute Gasteiger partial charge is 0.502 e. The van der Waals surface area contributed by atoms with E-state index in [1.54, 1.807) is 24.5 Å². The zero-order chi connectivity index (χ0) is 18.5. The van der Waals surface area contributed by atoms with Gasteiger partial charge in [-0.1, -0.05) is 0 Å². The Kier molecular flexibility index (Phi) is 5.65. The van der Waals surface area contributed by atoms with Crippen LogP contribution in [-0.4, -0.2) is 47.2 Å². The Morgan fingerprint density at radius 2 is 2.00 bits per heavy atom. The first-order valence-corrected chi connectivity index (χ1v) is 8.39. The van der Waals surface area contributed by atoms with Crippen molar-refractivity contribution in [2.45, 2.75) is 18.9 Å². The van der Waals surface area contributed by atoms with Gasteiger partial charge in [0.1, 0.15) is 5.76 Å². The van der Waals surface area contributed by atoms with Crippen LogP contribution in [0.25, 0.3) is 0 Å². The highest BCUT2D eigenvalue weighted by Gasteiger charge is 2.26. The van der Waals surface area contributed by atoms with Crippen molar-refractivity contribution >= 4 is 5.91 Å². The summed E-state index contributed by atoms with van der Waals surface area (Å²) in [6.07, 6.45) is 3.04. The molecule has 0 bridgehead atoms. The summed E-state index contributed by atoms with van der Waals surface area (Å²) >= 11 is 0. The van der Waals surface area contributed by atoms with E-state index in [9.17, 15) is 14.7 Å². The van der Waals surface area contributed by atoms with Crippen molar-refractivity contribution in [2.75, 3.05) is 26.3 Å². The molecule has 3 rings (SSSR count). The monoisotopic (exact) mass is 359 g/mol. The first-order valence-electron chi connectivity index (χ1n) is 8.39. The summed E-state index contributed by atoms with van der Waals surface area (Å²) in [6.45, 7) is 3.13. The van der Waals surface area contributed by atoms with Crippen molar-refractivity contribution in [3.8, 4) is 5.75 Å². The van der Waals surface area contributed by atoms with Crippen molar-refractivity contribution in [3.05, 3.63) is 57.9 Å². The molecule has 8 nitrogen and oxygen atoms in total. The summed E-state index contributed by atoms with van der Waals surface area (Å²) in [5, 5.41) is 10.3. The molecule has 0 aliphatic carbocycles. The molecule has 26 heavy (non-hydrogen) atoms. The number of nitrogens with two attached hydrogens (primary N) is 1. The number of carbonyl (C=O) groups excluding carboxylic acids is 1. The van der Waals surface area contributed by atoms with Gasteiger partial charge in [-0.3, -0.25) is 19.5 Å². The summed E-state index contributed by atoms with van der Waals surface area (Å²) in [4.78, 5) is 29.8. The molecule has 0 unspecified atom stereocenters. The molecule has 1 saturated heterocycles. The molecule has 1 amide bonds. The van der Waals surface area contributed by atoms with Gasteiger partial charge in [0.2, 0.25) is 17.1 Å². The maximum atomic E-state index is 12.2. The van der Waals surface area contributed by atoms with Gasteiger partial charge in [-0.15, -0.1) is 0 Å². The second kappa shape index (κ2) is 8.11. The zero-order valence-corrected chi connectivity index (χ0v) is 14.3. The molecular weight excluding hydrogens is 338 g/mol. The van der Waals surface area contributed by atoms with E-state index in [1.807, 2.05) is 0 Å². The summed E-state index contributed by atoms with van der Waals surface area (Å²) in [7, 11) is 0. The predicted molar refractivity (Wildman–Crippen MR) is 92.6 cm³/mol. The quantitative estimate of drug-likeness (QED) is 0.774. The van der Waals surface area contributed by atoms with Crippen LogP contribution in [0.4, 0.5) is 0 Å². The topological polar surface area (TPSA) is 119 Å². The number of rotatable bonds is 6. The van der Waals surface area contributed by atoms with E-state index in [1.165, 1.54) is 6.07 Å². The fraction of sp³-hybridized carbons (Fsp3) is 0.389. The van der Waals surface area contributed by atoms with E-state index < -0.39 is 23.0 Å². The number of morpholine rings is 1. The van der Waals surface area contributed by atoms with Crippen molar-refractivity contribution in [2.24, 2.45) is 5.73 Å². The molecule has 1 atom stereocenters. The Balaban J connectivity index is 1.97. The molecule has 3 N–H and O–H groups in total. The van der Waals surface area contributed by atoms with Gasteiger partial charge in [0.05, 0.1) is 25.7 Å². The molecule has 3 heterocycles. The van der Waals surface area contributed by atoms with Gasteiger partial charge < -0.3 is 20.0 Å². The number of pyridine rings is 1. The van der Waals surface area contributed by atoms with Crippen molar-refractivity contribution in [1.82, 2.24) is 9.88 Å². The number of aromatic hydroxyl groups is 1. The minimum atomic E-state index is -0.659. The molecule has 138 valence electrons. The molecule has 0 aromatic carbocycles. The number of hydrogen-bond donors (Lipinski definition) is 2. The lowest BCUT2D eigenvalue weighted by atomic mass is 9.92. The maximum Gasteiger partial charge on any atom is 0.227 e. The first kappa shape index (κ1) is 18.1. The lowest BCUT2D eigenvalue weighted by Gasteiger charge is -2.26. The van der Waals surface area contributed by atoms with Crippen LogP contribution in [0, 0.1) is 0 Å². The van der Waals surface area contributed by atoms with Crippen molar-refractivity contribution < 1.29 is 19.1 Å². The van der Waals surface area contributed by atoms with Gasteiger partial charge in [0.25, 0.3) is 0 Å². The maximum absolute atomic E-state index is 12.2. The molecule has 0 saturated carbocycles. The summed E-state index contributed by atoms with van der Waals surface area (Å²) in [6, 6.07) is 4.67. The number of hydrogen-bond acceptors (Lipinski definition) is 7. The normalized spacial score (nSPS) is 16.3. The highest BCUT2D eigenvalue weighted by molar-refractivity contribution is 5.75. The SMILES string of the molecule is NC(=O)C[C@@H](c1ccncc1)c1oc(CN2CCOCC2)cc(=O)c1O. The van der Waals surface area contributed by atoms with E-state index in [0.717, 1.165) is 13.1 Å². The zero-order valence-electron chi connectivity index (χ0n) is 14.3. The Morgan fingerprint density at radius 1 is 1.31 bits per heavy atom. The minimum Gasteiger partial charge on any atom is -0.502 e. The summed E-state index contributed by atoms with van der Waals surface area (Å²) in [5.74, 6) is -1.25. The van der Waals surface area contributed by atoms with Crippen LogP contribution < -0.4 is 11.2 Å². The lowest BCUT2D eigenvalue weighted by Crippen LogP contribution is -2.35. The highest BCUT2D eigenvalue weighted by atomic mass is 16.5. The van der Waals surface area contributed by atoms with E-state index in [-0.39, 0.29) is 12.2 Å². The van der Waals surface area contributed by atoms with Gasteiger partial charge in [-0.05, 0) is 17.7 Å². The van der Waals surface area contributed by atoms with Crippen LogP contribution in [0.15, 0.2) is 39.8 Å². The lowest BCUT2D eigenvalue weighted by molar-refractivity contribution is -0.118. The van der Waals surface area contributed by atoms with Crippen molar-refractivity contribution in [3.63, 3.8) is 0 Å². The number of nitrogens with zero attached hydrogens (tertiary/aromatic N) is 2. The molecule has 2 aromatic rings. The van der Waals surface area contributed by atoms with Gasteiger partial charge >= 0.3 is 0 Å². The highest BCUT2D eigenvalue weighted by Crippen LogP contribution is 2.32. The molecular formula is C18H21N3O5. The van der Waals surface area contributed by atoms with E-state index in [2.05, 4.69) is 9.88 Å². The second-order valence-corrected chi connectivity index (χ2v) is 6.18. The number of aromatic nitrogens is 1. The van der Waals surface area contributed by atoms with Crippen LogP contribution in [0.5, 0.6) is 5.75 Å². The molecule has 0 spiro atoms. The molecule has 2 aromatic heterocycles. The Hall–Kier alpha value is -2.71. The third kappa shape index (κ3) is 4.27. The van der Waals surface area contributed by atoms with Crippen LogP contribution >= 0.6 is 0 Å². The second-order valence-electron chi connectivity index (χ2n) is 6.18. The van der Waals surface area contributed by atoms with Crippen LogP contribution in [-0.2, 0) is 16.1 Å². The minimum absolute atomic E-state index is 0.0470. The van der Waals surface area contributed by atoms with Gasteiger partial charge in [-0.2, -0.15) is 0 Å². The van der Waals surface area contributed by atoms with Crippen molar-refractivity contribution in [1.29, 1.82) is 0 Å². The first-order chi connectivity index (χ1) is 12.5. The average Bonchev–Trinajstić information content (AvgIpc) is 2.64. The number of ether oxygens (including phenoxy) is 1. The van der Waals surface area contributed by atoms with Crippen LogP contribution in [0.3, 0.4) is 0 Å². The number of amides is 1. The molecule has 1 fully saturated rings. The van der Waals surface area contributed by atoms with Crippen LogP contribution in [0.1, 0.15) is 29.4 Å². The average molecular weight is 359 g/mol.